The Morgan fingerprint density at radius 3 is 2.48 bits per heavy atom. The number of para-hydroxylation sites is 1. The summed E-state index contributed by atoms with van der Waals surface area (Å²) < 4.78 is 6.72. The molecule has 0 fully saturated rings. The van der Waals surface area contributed by atoms with Crippen LogP contribution in [0.1, 0.15) is 5.76 Å². The molecule has 114 valence electrons. The molecule has 0 saturated carbocycles. The number of hydrogen-bond acceptors (Lipinski definition) is 2. The number of nitrogens with one attached hydrogen (secondary N) is 1. The van der Waals surface area contributed by atoms with Crippen molar-refractivity contribution in [3.8, 4) is 11.3 Å². The molecule has 3 aromatic rings. The number of amides is 1. The Morgan fingerprint density at radius 1 is 0.957 bits per heavy atom. The van der Waals surface area contributed by atoms with Crippen LogP contribution in [0, 0.1) is 3.57 Å². The summed E-state index contributed by atoms with van der Waals surface area (Å²) in [5, 5.41) is 2.84. The van der Waals surface area contributed by atoms with E-state index in [1.54, 1.807) is 6.08 Å². The summed E-state index contributed by atoms with van der Waals surface area (Å²) in [6, 6.07) is 21.2. The van der Waals surface area contributed by atoms with E-state index in [0.29, 0.717) is 5.76 Å². The first-order chi connectivity index (χ1) is 11.2. The van der Waals surface area contributed by atoms with Gasteiger partial charge in [-0.2, -0.15) is 0 Å². The zero-order valence-electron chi connectivity index (χ0n) is 12.2. The number of benzene rings is 2. The number of carbonyl (C=O) groups is 1. The fraction of sp³-hybridized carbons (Fsp3) is 0. The van der Waals surface area contributed by atoms with Gasteiger partial charge in [-0.3, -0.25) is 4.79 Å². The van der Waals surface area contributed by atoms with E-state index in [2.05, 4.69) is 27.9 Å². The SMILES string of the molecule is O=C(/C=C/c1ccc(-c2ccccc2)o1)Nc1ccccc1I. The maximum absolute atomic E-state index is 12.0. The average Bonchev–Trinajstić information content (AvgIpc) is 3.05. The highest BCUT2D eigenvalue weighted by Gasteiger charge is 2.04. The summed E-state index contributed by atoms with van der Waals surface area (Å²) in [7, 11) is 0. The number of hydrogen-bond donors (Lipinski definition) is 1. The Balaban J connectivity index is 1.68. The van der Waals surface area contributed by atoms with Crippen molar-refractivity contribution in [3.63, 3.8) is 0 Å². The molecule has 0 aliphatic rings. The zero-order valence-corrected chi connectivity index (χ0v) is 14.4. The van der Waals surface area contributed by atoms with E-state index in [-0.39, 0.29) is 5.91 Å². The van der Waals surface area contributed by atoms with Crippen molar-refractivity contribution in [2.24, 2.45) is 0 Å². The van der Waals surface area contributed by atoms with E-state index in [4.69, 9.17) is 4.42 Å². The molecule has 3 nitrogen and oxygen atoms in total. The molecule has 1 amide bonds. The van der Waals surface area contributed by atoms with E-state index >= 15 is 0 Å². The van der Waals surface area contributed by atoms with Gasteiger partial charge in [0.05, 0.1) is 5.69 Å². The monoisotopic (exact) mass is 415 g/mol. The van der Waals surface area contributed by atoms with Gasteiger partial charge in [0, 0.05) is 15.2 Å². The first kappa shape index (κ1) is 15.6. The molecule has 2 aromatic carbocycles. The van der Waals surface area contributed by atoms with Crippen LogP contribution in [-0.2, 0) is 4.79 Å². The first-order valence-corrected chi connectivity index (χ1v) is 8.19. The van der Waals surface area contributed by atoms with E-state index in [9.17, 15) is 4.79 Å². The lowest BCUT2D eigenvalue weighted by Gasteiger charge is -2.03. The third kappa shape index (κ3) is 4.10. The Bertz CT molecular complexity index is 837. The second-order valence-electron chi connectivity index (χ2n) is 4.87. The van der Waals surface area contributed by atoms with Gasteiger partial charge in [0.15, 0.2) is 0 Å². The number of halogens is 1. The van der Waals surface area contributed by atoms with Gasteiger partial charge in [-0.25, -0.2) is 0 Å². The molecule has 0 radical (unpaired) electrons. The van der Waals surface area contributed by atoms with E-state index in [1.165, 1.54) is 6.08 Å². The Labute approximate surface area is 148 Å². The van der Waals surface area contributed by atoms with Crippen molar-refractivity contribution < 1.29 is 9.21 Å². The number of furan rings is 1. The first-order valence-electron chi connectivity index (χ1n) is 7.11. The van der Waals surface area contributed by atoms with Crippen molar-refractivity contribution >= 4 is 40.3 Å². The number of anilines is 1. The van der Waals surface area contributed by atoms with Crippen LogP contribution in [-0.4, -0.2) is 5.91 Å². The number of carbonyl (C=O) groups excluding carboxylic acids is 1. The van der Waals surface area contributed by atoms with Gasteiger partial charge in [-0.05, 0) is 52.9 Å². The highest BCUT2D eigenvalue weighted by Crippen LogP contribution is 2.22. The molecule has 0 saturated heterocycles. The summed E-state index contributed by atoms with van der Waals surface area (Å²) in [5.74, 6) is 1.23. The molecule has 1 aromatic heterocycles. The quantitative estimate of drug-likeness (QED) is 0.470. The Hall–Kier alpha value is -2.34. The highest BCUT2D eigenvalue weighted by atomic mass is 127. The average molecular weight is 415 g/mol. The summed E-state index contributed by atoms with van der Waals surface area (Å²) in [6.45, 7) is 0. The van der Waals surface area contributed by atoms with Crippen molar-refractivity contribution in [1.29, 1.82) is 0 Å². The van der Waals surface area contributed by atoms with Crippen LogP contribution in [0.3, 0.4) is 0 Å². The summed E-state index contributed by atoms with van der Waals surface area (Å²) in [6.07, 6.45) is 3.13. The van der Waals surface area contributed by atoms with Crippen molar-refractivity contribution in [1.82, 2.24) is 0 Å². The second-order valence-corrected chi connectivity index (χ2v) is 6.03. The highest BCUT2D eigenvalue weighted by molar-refractivity contribution is 14.1. The molecule has 1 heterocycles. The molecule has 23 heavy (non-hydrogen) atoms. The maximum atomic E-state index is 12.0. The maximum Gasteiger partial charge on any atom is 0.248 e. The van der Waals surface area contributed by atoms with Crippen LogP contribution >= 0.6 is 22.6 Å². The van der Waals surface area contributed by atoms with Crippen LogP contribution in [0.4, 0.5) is 5.69 Å². The smallest absolute Gasteiger partial charge is 0.248 e. The van der Waals surface area contributed by atoms with Crippen LogP contribution in [0.15, 0.2) is 77.2 Å². The lowest BCUT2D eigenvalue weighted by Crippen LogP contribution is -2.08. The van der Waals surface area contributed by atoms with E-state index < -0.39 is 0 Å². The summed E-state index contributed by atoms with van der Waals surface area (Å²) >= 11 is 2.19. The molecule has 0 aliphatic heterocycles. The Kier molecular flexibility index (Phi) is 4.92. The van der Waals surface area contributed by atoms with Gasteiger partial charge in [0.1, 0.15) is 11.5 Å². The standard InChI is InChI=1S/C19H14INO2/c20-16-8-4-5-9-17(16)21-19(22)13-11-15-10-12-18(23-15)14-6-2-1-3-7-14/h1-13H,(H,21,22)/b13-11+. The van der Waals surface area contributed by atoms with Crippen LogP contribution in [0.2, 0.25) is 0 Å². The van der Waals surface area contributed by atoms with Gasteiger partial charge in [0.2, 0.25) is 5.91 Å². The zero-order chi connectivity index (χ0) is 16.1. The minimum Gasteiger partial charge on any atom is -0.457 e. The normalized spacial score (nSPS) is 10.8. The van der Waals surface area contributed by atoms with Gasteiger partial charge in [0.25, 0.3) is 0 Å². The van der Waals surface area contributed by atoms with Crippen LogP contribution < -0.4 is 5.32 Å². The molecule has 0 aliphatic carbocycles. The Morgan fingerprint density at radius 2 is 1.70 bits per heavy atom. The molecule has 0 unspecified atom stereocenters. The molecule has 0 atom stereocenters. The molecule has 0 bridgehead atoms. The minimum absolute atomic E-state index is 0.188. The van der Waals surface area contributed by atoms with Crippen LogP contribution in [0.25, 0.3) is 17.4 Å². The largest absolute Gasteiger partial charge is 0.457 e. The van der Waals surface area contributed by atoms with Gasteiger partial charge in [-0.1, -0.05) is 42.5 Å². The molecule has 1 N–H and O–H groups in total. The lowest BCUT2D eigenvalue weighted by molar-refractivity contribution is -0.111. The second kappa shape index (κ2) is 7.28. The van der Waals surface area contributed by atoms with Gasteiger partial charge < -0.3 is 9.73 Å². The third-order valence-corrected chi connectivity index (χ3v) is 4.16. The predicted octanol–water partition coefficient (Wildman–Crippen LogP) is 5.20. The minimum atomic E-state index is -0.188. The number of rotatable bonds is 4. The van der Waals surface area contributed by atoms with Crippen molar-refractivity contribution in [3.05, 3.63) is 82.1 Å². The lowest BCUT2D eigenvalue weighted by atomic mass is 10.2. The molecule has 4 heteroatoms. The molecule has 3 rings (SSSR count). The van der Waals surface area contributed by atoms with E-state index in [1.807, 2.05) is 66.7 Å². The van der Waals surface area contributed by atoms with Gasteiger partial charge in [-0.15, -0.1) is 0 Å². The summed E-state index contributed by atoms with van der Waals surface area (Å²) in [4.78, 5) is 12.0. The predicted molar refractivity (Wildman–Crippen MR) is 101 cm³/mol. The fourth-order valence-corrected chi connectivity index (χ4v) is 2.62. The van der Waals surface area contributed by atoms with Crippen molar-refractivity contribution in [2.75, 3.05) is 5.32 Å². The summed E-state index contributed by atoms with van der Waals surface area (Å²) in [5.41, 5.74) is 1.81. The van der Waals surface area contributed by atoms with E-state index in [0.717, 1.165) is 20.6 Å². The topological polar surface area (TPSA) is 42.2 Å². The molecular formula is C19H14INO2. The van der Waals surface area contributed by atoms with Gasteiger partial charge >= 0.3 is 0 Å². The fourth-order valence-electron chi connectivity index (χ4n) is 2.09. The van der Waals surface area contributed by atoms with Crippen molar-refractivity contribution in [2.45, 2.75) is 0 Å². The third-order valence-electron chi connectivity index (χ3n) is 3.22. The molecule has 0 spiro atoms. The van der Waals surface area contributed by atoms with Crippen LogP contribution in [0.5, 0.6) is 0 Å². The molecular weight excluding hydrogens is 401 g/mol.